The number of hydrogen-bond acceptors (Lipinski definition) is 4. The molecule has 0 radical (unpaired) electrons. The summed E-state index contributed by atoms with van der Waals surface area (Å²) >= 11 is 12.1. The summed E-state index contributed by atoms with van der Waals surface area (Å²) in [6.45, 7) is 0.740. The number of nitrogens with zero attached hydrogens (tertiary/aromatic N) is 1. The second-order valence-corrected chi connectivity index (χ2v) is 8.28. The minimum atomic E-state index is -0.404. The van der Waals surface area contributed by atoms with E-state index >= 15 is 0 Å². The topological polar surface area (TPSA) is 72.0 Å². The van der Waals surface area contributed by atoms with Gasteiger partial charge in [0.15, 0.2) is 11.5 Å². The minimum Gasteiger partial charge on any atom is -0.493 e. The van der Waals surface area contributed by atoms with Crippen molar-refractivity contribution in [3.05, 3.63) is 81.3 Å². The van der Waals surface area contributed by atoms with Crippen molar-refractivity contribution < 1.29 is 14.3 Å². The van der Waals surface area contributed by atoms with Crippen molar-refractivity contribution in [2.75, 3.05) is 31.4 Å². The van der Waals surface area contributed by atoms with Gasteiger partial charge >= 0.3 is 6.03 Å². The number of nitrogens with one attached hydrogen (secondary N) is 2. The highest BCUT2D eigenvalue weighted by molar-refractivity contribution is 6.44. The zero-order chi connectivity index (χ0) is 23.4. The van der Waals surface area contributed by atoms with Crippen molar-refractivity contribution in [3.63, 3.8) is 0 Å². The highest BCUT2D eigenvalue weighted by atomic mass is 35.5. The molecule has 1 heterocycles. The molecular formula is C25H23Cl2N3O3. The van der Waals surface area contributed by atoms with Crippen molar-refractivity contribution in [2.24, 2.45) is 4.99 Å². The van der Waals surface area contributed by atoms with E-state index in [0.717, 1.165) is 35.6 Å². The lowest BCUT2D eigenvalue weighted by Gasteiger charge is -2.20. The van der Waals surface area contributed by atoms with Gasteiger partial charge < -0.3 is 20.1 Å². The highest BCUT2D eigenvalue weighted by Crippen LogP contribution is 2.33. The Bertz CT molecular complexity index is 1210. The summed E-state index contributed by atoms with van der Waals surface area (Å²) in [5, 5.41) is 6.18. The van der Waals surface area contributed by atoms with E-state index in [9.17, 15) is 4.79 Å². The van der Waals surface area contributed by atoms with Gasteiger partial charge in [-0.25, -0.2) is 4.79 Å². The largest absolute Gasteiger partial charge is 0.493 e. The summed E-state index contributed by atoms with van der Waals surface area (Å²) in [7, 11) is 3.27. The average Bonchev–Trinajstić information content (AvgIpc) is 2.82. The molecule has 33 heavy (non-hydrogen) atoms. The summed E-state index contributed by atoms with van der Waals surface area (Å²) in [6.07, 6.45) is 1.54. The molecule has 0 saturated heterocycles. The number of fused-ring (bicyclic) bond motifs is 1. The van der Waals surface area contributed by atoms with Gasteiger partial charge in [-0.2, -0.15) is 0 Å². The molecule has 0 saturated carbocycles. The van der Waals surface area contributed by atoms with Crippen LogP contribution >= 0.6 is 23.2 Å². The number of rotatable bonds is 6. The molecule has 0 bridgehead atoms. The number of hydrogen-bond donors (Lipinski definition) is 2. The number of methoxy groups -OCH3 is 2. The number of halogens is 2. The second kappa shape index (κ2) is 10.1. The van der Waals surface area contributed by atoms with Crippen LogP contribution in [0.4, 0.5) is 16.2 Å². The van der Waals surface area contributed by atoms with Crippen molar-refractivity contribution in [2.45, 2.75) is 12.8 Å². The standard InChI is InChI=1S/C25H23Cl2N3O3/c1-32-22-13-16-10-11-28-21(18(16)14-23(22)33-2)12-15-6-8-17(9-7-15)29-25(31)30-20-5-3-4-19(26)24(20)27/h3-9,13-14H,10-12H2,1-2H3,(H2,29,30,31). The van der Waals surface area contributed by atoms with Gasteiger partial charge in [-0.3, -0.25) is 4.99 Å². The number of carbonyl (C=O) groups excluding carboxylic acids is 1. The monoisotopic (exact) mass is 483 g/mol. The van der Waals surface area contributed by atoms with Crippen LogP contribution < -0.4 is 20.1 Å². The molecule has 1 aliphatic rings. The van der Waals surface area contributed by atoms with Crippen LogP contribution in [-0.4, -0.2) is 32.5 Å². The van der Waals surface area contributed by atoms with Gasteiger partial charge in [0.1, 0.15) is 0 Å². The SMILES string of the molecule is COc1cc2c(cc1OC)C(Cc1ccc(NC(=O)Nc3cccc(Cl)c3Cl)cc1)=NCC2. The number of amides is 2. The average molecular weight is 484 g/mol. The van der Waals surface area contributed by atoms with E-state index in [2.05, 4.69) is 10.6 Å². The zero-order valence-corrected chi connectivity index (χ0v) is 19.8. The summed E-state index contributed by atoms with van der Waals surface area (Å²) in [4.78, 5) is 17.1. The van der Waals surface area contributed by atoms with Crippen LogP contribution in [0.5, 0.6) is 11.5 Å². The Morgan fingerprint density at radius 1 is 1.00 bits per heavy atom. The first-order valence-electron chi connectivity index (χ1n) is 10.4. The predicted octanol–water partition coefficient (Wildman–Crippen LogP) is 6.24. The van der Waals surface area contributed by atoms with Crippen LogP contribution in [0.1, 0.15) is 16.7 Å². The molecule has 0 spiro atoms. The molecule has 0 unspecified atom stereocenters. The van der Waals surface area contributed by atoms with Gasteiger partial charge in [0.25, 0.3) is 0 Å². The van der Waals surface area contributed by atoms with E-state index in [4.69, 9.17) is 37.7 Å². The van der Waals surface area contributed by atoms with Crippen LogP contribution in [0.15, 0.2) is 59.6 Å². The molecule has 0 atom stereocenters. The third-order valence-electron chi connectivity index (χ3n) is 5.39. The smallest absolute Gasteiger partial charge is 0.323 e. The minimum absolute atomic E-state index is 0.299. The quantitative estimate of drug-likeness (QED) is 0.435. The van der Waals surface area contributed by atoms with Gasteiger partial charge in [-0.15, -0.1) is 0 Å². The lowest BCUT2D eigenvalue weighted by molar-refractivity contribution is 0.262. The molecule has 1 aliphatic heterocycles. The number of anilines is 2. The van der Waals surface area contributed by atoms with Gasteiger partial charge in [-0.05, 0) is 53.9 Å². The molecule has 8 heteroatoms. The number of urea groups is 1. The van der Waals surface area contributed by atoms with Crippen LogP contribution in [-0.2, 0) is 12.8 Å². The number of benzene rings is 3. The van der Waals surface area contributed by atoms with E-state index in [1.807, 2.05) is 36.4 Å². The Kier molecular flexibility index (Phi) is 7.06. The molecule has 3 aromatic carbocycles. The molecule has 2 N–H and O–H groups in total. The van der Waals surface area contributed by atoms with E-state index < -0.39 is 6.03 Å². The normalized spacial score (nSPS) is 12.4. The Hall–Kier alpha value is -3.22. The first-order valence-corrected chi connectivity index (χ1v) is 11.1. The van der Waals surface area contributed by atoms with Gasteiger partial charge in [0.2, 0.25) is 0 Å². The molecule has 0 fully saturated rings. The number of ether oxygens (including phenoxy) is 2. The molecule has 0 aromatic heterocycles. The maximum Gasteiger partial charge on any atom is 0.323 e. The summed E-state index contributed by atoms with van der Waals surface area (Å²) in [5.74, 6) is 1.42. The third kappa shape index (κ3) is 5.24. The van der Waals surface area contributed by atoms with Crippen LogP contribution in [0.3, 0.4) is 0 Å². The molecule has 4 rings (SSSR count). The van der Waals surface area contributed by atoms with Crippen molar-refractivity contribution in [3.8, 4) is 11.5 Å². The van der Waals surface area contributed by atoms with Crippen molar-refractivity contribution >= 4 is 46.3 Å². The summed E-state index contributed by atoms with van der Waals surface area (Å²) in [5.41, 5.74) is 5.48. The Morgan fingerprint density at radius 2 is 1.73 bits per heavy atom. The fourth-order valence-corrected chi connectivity index (χ4v) is 4.08. The number of aliphatic imine (C=N–C) groups is 1. The fraction of sp³-hybridized carbons (Fsp3) is 0.200. The summed E-state index contributed by atoms with van der Waals surface area (Å²) in [6, 6.07) is 16.3. The van der Waals surface area contributed by atoms with E-state index in [0.29, 0.717) is 33.6 Å². The molecule has 170 valence electrons. The summed E-state index contributed by atoms with van der Waals surface area (Å²) < 4.78 is 10.9. The number of carbonyl (C=O) groups is 1. The van der Waals surface area contributed by atoms with Crippen molar-refractivity contribution in [1.82, 2.24) is 0 Å². The first-order chi connectivity index (χ1) is 16.0. The lowest BCUT2D eigenvalue weighted by Crippen LogP contribution is -2.19. The predicted molar refractivity (Wildman–Crippen MR) is 134 cm³/mol. The van der Waals surface area contributed by atoms with Gasteiger partial charge in [0.05, 0.1) is 30.0 Å². The molecule has 2 amide bonds. The molecule has 3 aromatic rings. The Labute approximate surface area is 202 Å². The highest BCUT2D eigenvalue weighted by Gasteiger charge is 2.19. The van der Waals surface area contributed by atoms with Gasteiger partial charge in [0, 0.05) is 29.9 Å². The molecule has 0 aliphatic carbocycles. The van der Waals surface area contributed by atoms with Crippen molar-refractivity contribution in [1.29, 1.82) is 0 Å². The fourth-order valence-electron chi connectivity index (χ4n) is 3.73. The lowest BCUT2D eigenvalue weighted by atomic mass is 9.93. The Balaban J connectivity index is 1.44. The molecular weight excluding hydrogens is 461 g/mol. The van der Waals surface area contributed by atoms with E-state index in [-0.39, 0.29) is 0 Å². The van der Waals surface area contributed by atoms with Crippen LogP contribution in [0.2, 0.25) is 10.0 Å². The van der Waals surface area contributed by atoms with Crippen LogP contribution in [0.25, 0.3) is 0 Å². The maximum atomic E-state index is 12.3. The Morgan fingerprint density at radius 3 is 2.45 bits per heavy atom. The zero-order valence-electron chi connectivity index (χ0n) is 18.2. The first kappa shape index (κ1) is 23.0. The van der Waals surface area contributed by atoms with E-state index in [1.165, 1.54) is 5.56 Å². The maximum absolute atomic E-state index is 12.3. The second-order valence-electron chi connectivity index (χ2n) is 7.50. The van der Waals surface area contributed by atoms with Gasteiger partial charge in [-0.1, -0.05) is 41.4 Å². The molecule has 6 nitrogen and oxygen atoms in total. The van der Waals surface area contributed by atoms with Crippen LogP contribution in [0, 0.1) is 0 Å². The third-order valence-corrected chi connectivity index (χ3v) is 6.21. The van der Waals surface area contributed by atoms with E-state index in [1.54, 1.807) is 32.4 Å².